The van der Waals surface area contributed by atoms with Crippen LogP contribution in [0.15, 0.2) is 35.5 Å². The zero-order valence-corrected chi connectivity index (χ0v) is 7.99. The molecule has 1 heterocycles. The number of benzene rings is 1. The Morgan fingerprint density at radius 2 is 2.31 bits per heavy atom. The van der Waals surface area contributed by atoms with Crippen LogP contribution in [0.2, 0.25) is 0 Å². The van der Waals surface area contributed by atoms with Crippen molar-refractivity contribution in [3.8, 4) is 0 Å². The first-order chi connectivity index (χ1) is 6.24. The van der Waals surface area contributed by atoms with E-state index < -0.39 is 0 Å². The minimum Gasteiger partial charge on any atom is -0.340 e. The number of halogens is 1. The smallest absolute Gasteiger partial charge is 0.103 e. The van der Waals surface area contributed by atoms with E-state index in [2.05, 4.69) is 11.9 Å². The molecule has 0 aliphatic carbocycles. The SMILES string of the molecule is C=C1Nc2cccc(SF)c2N1C. The van der Waals surface area contributed by atoms with E-state index in [1.807, 2.05) is 24.1 Å². The number of anilines is 2. The highest BCUT2D eigenvalue weighted by atomic mass is 32.2. The van der Waals surface area contributed by atoms with Crippen molar-refractivity contribution in [3.05, 3.63) is 30.6 Å². The second-order valence-electron chi connectivity index (χ2n) is 2.86. The molecule has 1 aliphatic heterocycles. The van der Waals surface area contributed by atoms with E-state index in [4.69, 9.17) is 0 Å². The second kappa shape index (κ2) is 2.96. The maximum absolute atomic E-state index is 12.5. The van der Waals surface area contributed by atoms with Crippen LogP contribution < -0.4 is 10.2 Å². The molecule has 13 heavy (non-hydrogen) atoms. The fraction of sp³-hybridized carbons (Fsp3) is 0.111. The van der Waals surface area contributed by atoms with Gasteiger partial charge in [0.25, 0.3) is 0 Å². The highest BCUT2D eigenvalue weighted by molar-refractivity contribution is 7.94. The fourth-order valence-corrected chi connectivity index (χ4v) is 1.86. The van der Waals surface area contributed by atoms with Gasteiger partial charge in [0.15, 0.2) is 0 Å². The van der Waals surface area contributed by atoms with Crippen LogP contribution in [0.1, 0.15) is 0 Å². The number of nitrogens with one attached hydrogen (secondary N) is 1. The van der Waals surface area contributed by atoms with Gasteiger partial charge in [-0.1, -0.05) is 12.6 Å². The monoisotopic (exact) mass is 196 g/mol. The second-order valence-corrected chi connectivity index (χ2v) is 3.45. The van der Waals surface area contributed by atoms with Crippen molar-refractivity contribution in [1.29, 1.82) is 0 Å². The molecule has 0 bridgehead atoms. The highest BCUT2D eigenvalue weighted by Crippen LogP contribution is 2.42. The lowest BCUT2D eigenvalue weighted by Gasteiger charge is -2.13. The summed E-state index contributed by atoms with van der Waals surface area (Å²) in [7, 11) is 1.86. The van der Waals surface area contributed by atoms with Gasteiger partial charge in [-0.05, 0) is 12.1 Å². The molecule has 0 fully saturated rings. The quantitative estimate of drug-likeness (QED) is 0.743. The van der Waals surface area contributed by atoms with E-state index in [9.17, 15) is 3.89 Å². The molecular formula is C9H9FN2S. The first-order valence-corrected chi connectivity index (χ1v) is 4.57. The van der Waals surface area contributed by atoms with Crippen molar-refractivity contribution in [2.45, 2.75) is 4.90 Å². The molecule has 4 heteroatoms. The third-order valence-corrected chi connectivity index (χ3v) is 2.60. The summed E-state index contributed by atoms with van der Waals surface area (Å²) < 4.78 is 12.5. The Morgan fingerprint density at radius 3 is 3.00 bits per heavy atom. The summed E-state index contributed by atoms with van der Waals surface area (Å²) in [5.41, 5.74) is 1.77. The molecule has 0 radical (unpaired) electrons. The zero-order chi connectivity index (χ0) is 9.42. The van der Waals surface area contributed by atoms with Crippen molar-refractivity contribution in [1.82, 2.24) is 0 Å². The largest absolute Gasteiger partial charge is 0.340 e. The molecule has 0 aromatic heterocycles. The van der Waals surface area contributed by atoms with Gasteiger partial charge < -0.3 is 10.2 Å². The molecule has 2 rings (SSSR count). The van der Waals surface area contributed by atoms with Crippen molar-refractivity contribution < 1.29 is 3.89 Å². The lowest BCUT2D eigenvalue weighted by atomic mass is 10.3. The van der Waals surface area contributed by atoms with Crippen LogP contribution in [0.4, 0.5) is 15.3 Å². The predicted molar refractivity (Wildman–Crippen MR) is 54.6 cm³/mol. The van der Waals surface area contributed by atoms with Crippen LogP contribution in [-0.4, -0.2) is 7.05 Å². The molecule has 0 amide bonds. The third kappa shape index (κ3) is 1.18. The Labute approximate surface area is 80.7 Å². The van der Waals surface area contributed by atoms with E-state index in [-0.39, 0.29) is 12.1 Å². The zero-order valence-electron chi connectivity index (χ0n) is 7.17. The average Bonchev–Trinajstić information content (AvgIpc) is 2.43. The van der Waals surface area contributed by atoms with Crippen LogP contribution in [0, 0.1) is 0 Å². The van der Waals surface area contributed by atoms with Crippen LogP contribution in [-0.2, 0) is 0 Å². The summed E-state index contributed by atoms with van der Waals surface area (Å²) in [4.78, 5) is 2.46. The van der Waals surface area contributed by atoms with Gasteiger partial charge in [0.05, 0.1) is 28.4 Å². The van der Waals surface area contributed by atoms with Crippen LogP contribution in [0.3, 0.4) is 0 Å². The van der Waals surface area contributed by atoms with E-state index in [0.717, 1.165) is 17.2 Å². The highest BCUT2D eigenvalue weighted by Gasteiger charge is 2.22. The number of rotatable bonds is 1. The van der Waals surface area contributed by atoms with E-state index in [1.165, 1.54) is 0 Å². The van der Waals surface area contributed by atoms with Crippen molar-refractivity contribution in [3.63, 3.8) is 0 Å². The Bertz CT molecular complexity index is 365. The number of hydrogen-bond acceptors (Lipinski definition) is 3. The Morgan fingerprint density at radius 1 is 1.54 bits per heavy atom. The molecule has 0 saturated heterocycles. The molecule has 1 N–H and O–H groups in total. The molecule has 2 nitrogen and oxygen atoms in total. The van der Waals surface area contributed by atoms with Gasteiger partial charge in [-0.3, -0.25) is 0 Å². The summed E-state index contributed by atoms with van der Waals surface area (Å²) in [6.07, 6.45) is 0. The lowest BCUT2D eigenvalue weighted by molar-refractivity contribution is 0.933. The van der Waals surface area contributed by atoms with Crippen molar-refractivity contribution in [2.24, 2.45) is 0 Å². The fourth-order valence-electron chi connectivity index (χ4n) is 1.41. The van der Waals surface area contributed by atoms with Crippen molar-refractivity contribution in [2.75, 3.05) is 17.3 Å². The van der Waals surface area contributed by atoms with Crippen LogP contribution in [0.5, 0.6) is 0 Å². The van der Waals surface area contributed by atoms with Crippen molar-refractivity contribution >= 4 is 23.5 Å². The van der Waals surface area contributed by atoms with E-state index >= 15 is 0 Å². The van der Waals surface area contributed by atoms with Gasteiger partial charge in [-0.15, -0.1) is 0 Å². The topological polar surface area (TPSA) is 15.3 Å². The van der Waals surface area contributed by atoms with E-state index in [1.54, 1.807) is 6.07 Å². The Hall–Kier alpha value is -1.16. The molecule has 1 aromatic carbocycles. The summed E-state index contributed by atoms with van der Waals surface area (Å²) in [5.74, 6) is 0.775. The van der Waals surface area contributed by atoms with Gasteiger partial charge in [0.2, 0.25) is 0 Å². The number of nitrogens with zero attached hydrogens (tertiary/aromatic N) is 1. The van der Waals surface area contributed by atoms with Gasteiger partial charge >= 0.3 is 0 Å². The summed E-state index contributed by atoms with van der Waals surface area (Å²) in [5, 5.41) is 3.07. The molecule has 0 atom stereocenters. The maximum Gasteiger partial charge on any atom is 0.103 e. The predicted octanol–water partition coefficient (Wildman–Crippen LogP) is 3.00. The third-order valence-electron chi connectivity index (χ3n) is 2.10. The minimum atomic E-state index is 0.257. The Balaban J connectivity index is 2.57. The molecule has 1 aliphatic rings. The molecule has 0 unspecified atom stereocenters. The summed E-state index contributed by atoms with van der Waals surface area (Å²) >= 11 is 0.257. The molecule has 0 saturated carbocycles. The minimum absolute atomic E-state index is 0.257. The molecular weight excluding hydrogens is 187 g/mol. The summed E-state index contributed by atoms with van der Waals surface area (Å²) in [6, 6.07) is 5.48. The number of hydrogen-bond donors (Lipinski definition) is 1. The number of para-hydroxylation sites is 1. The first kappa shape index (κ1) is 8.44. The van der Waals surface area contributed by atoms with Gasteiger partial charge in [0, 0.05) is 7.05 Å². The van der Waals surface area contributed by atoms with Gasteiger partial charge in [-0.25, -0.2) is 0 Å². The van der Waals surface area contributed by atoms with Gasteiger partial charge in [-0.2, -0.15) is 3.89 Å². The standard InChI is InChI=1S/C9H9FN2S/c1-6-11-7-4-3-5-8(13-10)9(7)12(6)2/h3-5,11H,1H2,2H3. The average molecular weight is 196 g/mol. The van der Waals surface area contributed by atoms with Gasteiger partial charge in [0.1, 0.15) is 5.82 Å². The van der Waals surface area contributed by atoms with E-state index in [0.29, 0.717) is 4.90 Å². The maximum atomic E-state index is 12.5. The Kier molecular flexibility index (Phi) is 1.92. The van der Waals surface area contributed by atoms with Crippen LogP contribution in [0.25, 0.3) is 0 Å². The molecule has 1 aromatic rings. The summed E-state index contributed by atoms with van der Waals surface area (Å²) in [6.45, 7) is 3.81. The lowest BCUT2D eigenvalue weighted by Crippen LogP contribution is -2.12. The number of fused-ring (bicyclic) bond motifs is 1. The molecule has 68 valence electrons. The normalized spacial score (nSPS) is 14.3. The first-order valence-electron chi connectivity index (χ1n) is 3.85. The van der Waals surface area contributed by atoms with Crippen LogP contribution >= 0.6 is 12.1 Å². The molecule has 0 spiro atoms.